The van der Waals surface area contributed by atoms with Crippen LogP contribution in [-0.2, 0) is 0 Å². The summed E-state index contributed by atoms with van der Waals surface area (Å²) in [4.78, 5) is 0. The normalized spacial score (nSPS) is 20.2. The molecular weight excluding hydrogens is 216 g/mol. The summed E-state index contributed by atoms with van der Waals surface area (Å²) >= 11 is 0. The van der Waals surface area contributed by atoms with Crippen molar-refractivity contribution in [3.8, 4) is 0 Å². The van der Waals surface area contributed by atoms with E-state index in [0.717, 1.165) is 0 Å². The fraction of sp³-hybridized carbons (Fsp3) is 0.556. The molecule has 0 aromatic rings. The average Bonchev–Trinajstić information content (AvgIpc) is 2.95. The van der Waals surface area contributed by atoms with Gasteiger partial charge in [-0.3, -0.25) is 0 Å². The van der Waals surface area contributed by atoms with Crippen molar-refractivity contribution in [3.63, 3.8) is 0 Å². The summed E-state index contributed by atoms with van der Waals surface area (Å²) in [6, 6.07) is 0. The SMILES string of the molecule is CCC1=CC=C(C(C)(C)C2=CC(C)=C(CC)C2)C1. The summed E-state index contributed by atoms with van der Waals surface area (Å²) in [5.74, 6) is 0. The Morgan fingerprint density at radius 2 is 1.72 bits per heavy atom. The molecule has 2 aliphatic rings. The van der Waals surface area contributed by atoms with E-state index in [1.165, 1.54) is 31.3 Å². The largest absolute Gasteiger partial charge is 0.0664 e. The standard InChI is InChI=1S/C18H26/c1-6-14-8-9-16(11-14)18(4,5)17-10-13(3)15(7-2)12-17/h8-10H,6-7,11-12H2,1-5H3. The zero-order valence-corrected chi connectivity index (χ0v) is 12.6. The van der Waals surface area contributed by atoms with E-state index in [4.69, 9.17) is 0 Å². The highest BCUT2D eigenvalue weighted by Crippen LogP contribution is 2.46. The highest BCUT2D eigenvalue weighted by atomic mass is 14.4. The van der Waals surface area contributed by atoms with E-state index in [2.05, 4.69) is 52.8 Å². The number of rotatable bonds is 4. The Morgan fingerprint density at radius 3 is 2.22 bits per heavy atom. The van der Waals surface area contributed by atoms with E-state index >= 15 is 0 Å². The number of hydrogen-bond donors (Lipinski definition) is 0. The topological polar surface area (TPSA) is 0 Å². The third-order valence-corrected chi connectivity index (χ3v) is 4.78. The molecule has 0 aromatic heterocycles. The van der Waals surface area contributed by atoms with E-state index in [0.29, 0.717) is 0 Å². The van der Waals surface area contributed by atoms with Gasteiger partial charge in [-0.05, 0) is 32.6 Å². The minimum absolute atomic E-state index is 0.228. The van der Waals surface area contributed by atoms with Gasteiger partial charge in [-0.1, -0.05) is 73.8 Å². The van der Waals surface area contributed by atoms with Gasteiger partial charge in [0.25, 0.3) is 0 Å². The zero-order valence-electron chi connectivity index (χ0n) is 12.6. The second-order valence-corrected chi connectivity index (χ2v) is 6.16. The monoisotopic (exact) mass is 242 g/mol. The Bertz CT molecular complexity index is 464. The van der Waals surface area contributed by atoms with Crippen LogP contribution in [-0.4, -0.2) is 0 Å². The summed E-state index contributed by atoms with van der Waals surface area (Å²) in [7, 11) is 0. The van der Waals surface area contributed by atoms with Gasteiger partial charge in [0.05, 0.1) is 0 Å². The van der Waals surface area contributed by atoms with Crippen LogP contribution in [0.3, 0.4) is 0 Å². The van der Waals surface area contributed by atoms with Gasteiger partial charge in [0.1, 0.15) is 0 Å². The fourth-order valence-corrected chi connectivity index (χ4v) is 3.05. The van der Waals surface area contributed by atoms with Crippen molar-refractivity contribution in [1.82, 2.24) is 0 Å². The fourth-order valence-electron chi connectivity index (χ4n) is 3.05. The van der Waals surface area contributed by atoms with Gasteiger partial charge in [0.15, 0.2) is 0 Å². The first kappa shape index (κ1) is 13.4. The lowest BCUT2D eigenvalue weighted by molar-refractivity contribution is 0.515. The quantitative estimate of drug-likeness (QED) is 0.590. The lowest BCUT2D eigenvalue weighted by Gasteiger charge is -2.29. The van der Waals surface area contributed by atoms with Crippen LogP contribution in [0.25, 0.3) is 0 Å². The highest BCUT2D eigenvalue weighted by molar-refractivity contribution is 5.46. The Hall–Kier alpha value is -1.04. The molecule has 0 spiro atoms. The maximum atomic E-state index is 2.43. The van der Waals surface area contributed by atoms with E-state index in [1.54, 1.807) is 22.3 Å². The van der Waals surface area contributed by atoms with Crippen molar-refractivity contribution in [1.29, 1.82) is 0 Å². The van der Waals surface area contributed by atoms with Crippen molar-refractivity contribution in [2.24, 2.45) is 5.41 Å². The molecule has 0 aliphatic heterocycles. The van der Waals surface area contributed by atoms with Gasteiger partial charge >= 0.3 is 0 Å². The van der Waals surface area contributed by atoms with Crippen LogP contribution in [0.5, 0.6) is 0 Å². The molecule has 0 unspecified atom stereocenters. The third-order valence-electron chi connectivity index (χ3n) is 4.78. The molecule has 98 valence electrons. The Kier molecular flexibility index (Phi) is 3.66. The van der Waals surface area contributed by atoms with E-state index in [1.807, 2.05) is 0 Å². The zero-order chi connectivity index (χ0) is 13.3. The van der Waals surface area contributed by atoms with Crippen LogP contribution in [0.15, 0.2) is 46.1 Å². The van der Waals surface area contributed by atoms with Crippen molar-refractivity contribution < 1.29 is 0 Å². The van der Waals surface area contributed by atoms with Gasteiger partial charge in [-0.15, -0.1) is 0 Å². The lowest BCUT2D eigenvalue weighted by atomic mass is 9.75. The summed E-state index contributed by atoms with van der Waals surface area (Å²) in [6.45, 7) is 11.6. The summed E-state index contributed by atoms with van der Waals surface area (Å²) in [6.07, 6.45) is 11.9. The predicted octanol–water partition coefficient (Wildman–Crippen LogP) is 5.74. The maximum absolute atomic E-state index is 2.43. The first-order chi connectivity index (χ1) is 8.48. The molecule has 0 heteroatoms. The van der Waals surface area contributed by atoms with Crippen LogP contribution in [0.4, 0.5) is 0 Å². The number of hydrogen-bond acceptors (Lipinski definition) is 0. The molecule has 0 aromatic carbocycles. The molecule has 2 rings (SSSR count). The molecule has 18 heavy (non-hydrogen) atoms. The van der Waals surface area contributed by atoms with Gasteiger partial charge in [-0.2, -0.15) is 0 Å². The minimum Gasteiger partial charge on any atom is -0.0664 e. The van der Waals surface area contributed by atoms with Gasteiger partial charge < -0.3 is 0 Å². The molecule has 0 heterocycles. The number of allylic oxidation sites excluding steroid dienone is 8. The molecule has 0 atom stereocenters. The molecule has 2 aliphatic carbocycles. The van der Waals surface area contributed by atoms with Gasteiger partial charge in [0, 0.05) is 5.41 Å². The average molecular weight is 242 g/mol. The molecular formula is C18H26. The van der Waals surface area contributed by atoms with Crippen molar-refractivity contribution in [3.05, 3.63) is 46.1 Å². The van der Waals surface area contributed by atoms with Crippen LogP contribution in [0.1, 0.15) is 60.3 Å². The predicted molar refractivity (Wildman–Crippen MR) is 80.5 cm³/mol. The first-order valence-electron chi connectivity index (χ1n) is 7.27. The summed E-state index contributed by atoms with van der Waals surface area (Å²) < 4.78 is 0. The summed E-state index contributed by atoms with van der Waals surface area (Å²) in [5.41, 5.74) is 8.14. The van der Waals surface area contributed by atoms with Crippen molar-refractivity contribution in [2.45, 2.75) is 60.3 Å². The van der Waals surface area contributed by atoms with Gasteiger partial charge in [-0.25, -0.2) is 0 Å². The van der Waals surface area contributed by atoms with E-state index < -0.39 is 0 Å². The Labute approximate surface area is 112 Å². The highest BCUT2D eigenvalue weighted by Gasteiger charge is 2.31. The molecule has 0 fully saturated rings. The molecule has 0 N–H and O–H groups in total. The van der Waals surface area contributed by atoms with Crippen LogP contribution < -0.4 is 0 Å². The molecule has 0 amide bonds. The van der Waals surface area contributed by atoms with Crippen LogP contribution in [0, 0.1) is 5.41 Å². The van der Waals surface area contributed by atoms with Crippen LogP contribution >= 0.6 is 0 Å². The smallest absolute Gasteiger partial charge is 0.00767 e. The van der Waals surface area contributed by atoms with Crippen molar-refractivity contribution in [2.75, 3.05) is 0 Å². The van der Waals surface area contributed by atoms with E-state index in [9.17, 15) is 0 Å². The molecule has 0 radical (unpaired) electrons. The lowest BCUT2D eigenvalue weighted by Crippen LogP contribution is -2.17. The Balaban J connectivity index is 2.14. The molecule has 0 nitrogen and oxygen atoms in total. The molecule has 0 bridgehead atoms. The molecule has 0 saturated carbocycles. The van der Waals surface area contributed by atoms with Crippen molar-refractivity contribution >= 4 is 0 Å². The second kappa shape index (κ2) is 4.91. The van der Waals surface area contributed by atoms with Gasteiger partial charge in [0.2, 0.25) is 0 Å². The Morgan fingerprint density at radius 1 is 1.00 bits per heavy atom. The van der Waals surface area contributed by atoms with E-state index in [-0.39, 0.29) is 5.41 Å². The minimum atomic E-state index is 0.228. The first-order valence-corrected chi connectivity index (χ1v) is 7.27. The third kappa shape index (κ3) is 2.25. The maximum Gasteiger partial charge on any atom is 0.00767 e. The summed E-state index contributed by atoms with van der Waals surface area (Å²) in [5, 5.41) is 0. The van der Waals surface area contributed by atoms with Crippen LogP contribution in [0.2, 0.25) is 0 Å². The molecule has 0 saturated heterocycles. The second-order valence-electron chi connectivity index (χ2n) is 6.16.